The summed E-state index contributed by atoms with van der Waals surface area (Å²) in [5.41, 5.74) is 0. The highest BCUT2D eigenvalue weighted by Crippen LogP contribution is 2.28. The molecule has 2 rings (SSSR count). The van der Waals surface area contributed by atoms with Crippen LogP contribution in [-0.4, -0.2) is 23.6 Å². The van der Waals surface area contributed by atoms with Gasteiger partial charge in [-0.05, 0) is 31.7 Å². The molecule has 1 aliphatic heterocycles. The Kier molecular flexibility index (Phi) is 4.83. The summed E-state index contributed by atoms with van der Waals surface area (Å²) >= 11 is 2.13. The van der Waals surface area contributed by atoms with Gasteiger partial charge in [0.05, 0.1) is 0 Å². The zero-order chi connectivity index (χ0) is 10.5. The minimum Gasteiger partial charge on any atom is -0.313 e. The van der Waals surface area contributed by atoms with Crippen LogP contribution in [0.15, 0.2) is 0 Å². The molecule has 2 fully saturated rings. The number of thioether (sulfide) groups is 1. The van der Waals surface area contributed by atoms with Crippen molar-refractivity contribution in [1.29, 1.82) is 0 Å². The molecule has 88 valence electrons. The molecule has 1 saturated heterocycles. The summed E-state index contributed by atoms with van der Waals surface area (Å²) in [5.74, 6) is 2.41. The molecule has 1 N–H and O–H groups in total. The third kappa shape index (κ3) is 3.99. The Morgan fingerprint density at radius 1 is 1.27 bits per heavy atom. The van der Waals surface area contributed by atoms with Crippen LogP contribution in [0.5, 0.6) is 0 Å². The first kappa shape index (κ1) is 11.8. The summed E-state index contributed by atoms with van der Waals surface area (Å²) in [7, 11) is 0. The van der Waals surface area contributed by atoms with Gasteiger partial charge in [-0.3, -0.25) is 0 Å². The second kappa shape index (κ2) is 6.15. The first-order valence-electron chi connectivity index (χ1n) is 6.69. The molecule has 0 aromatic rings. The lowest BCUT2D eigenvalue weighted by Gasteiger charge is -2.13. The standard InChI is InChI=1S/C13H25NS/c1-11-9-13(10-15-11)14-8-4-7-12-5-2-3-6-12/h11-14H,2-10H2,1H3. The van der Waals surface area contributed by atoms with Gasteiger partial charge in [0.1, 0.15) is 0 Å². The second-order valence-corrected chi connectivity index (χ2v) is 6.79. The van der Waals surface area contributed by atoms with Crippen LogP contribution in [0, 0.1) is 5.92 Å². The molecule has 0 bridgehead atoms. The number of hydrogen-bond donors (Lipinski definition) is 1. The van der Waals surface area contributed by atoms with Gasteiger partial charge in [0.2, 0.25) is 0 Å². The van der Waals surface area contributed by atoms with Gasteiger partial charge in [-0.1, -0.05) is 32.6 Å². The average Bonchev–Trinajstić information content (AvgIpc) is 2.84. The van der Waals surface area contributed by atoms with E-state index in [1.165, 1.54) is 57.2 Å². The lowest BCUT2D eigenvalue weighted by atomic mass is 10.0. The van der Waals surface area contributed by atoms with Crippen LogP contribution in [0.2, 0.25) is 0 Å². The van der Waals surface area contributed by atoms with E-state index in [9.17, 15) is 0 Å². The Bertz CT molecular complexity index is 177. The van der Waals surface area contributed by atoms with Crippen LogP contribution in [0.3, 0.4) is 0 Å². The van der Waals surface area contributed by atoms with Crippen LogP contribution < -0.4 is 5.32 Å². The summed E-state index contributed by atoms with van der Waals surface area (Å²) in [5, 5.41) is 4.60. The summed E-state index contributed by atoms with van der Waals surface area (Å²) in [6, 6.07) is 0.813. The third-order valence-electron chi connectivity index (χ3n) is 3.90. The zero-order valence-corrected chi connectivity index (χ0v) is 10.8. The fraction of sp³-hybridized carbons (Fsp3) is 1.00. The van der Waals surface area contributed by atoms with Crippen molar-refractivity contribution >= 4 is 11.8 Å². The van der Waals surface area contributed by atoms with Gasteiger partial charge >= 0.3 is 0 Å². The van der Waals surface area contributed by atoms with Gasteiger partial charge in [0.25, 0.3) is 0 Å². The predicted molar refractivity (Wildman–Crippen MR) is 69.5 cm³/mol. The monoisotopic (exact) mass is 227 g/mol. The average molecular weight is 227 g/mol. The molecule has 0 radical (unpaired) electrons. The van der Waals surface area contributed by atoms with Crippen molar-refractivity contribution in [3.8, 4) is 0 Å². The van der Waals surface area contributed by atoms with Crippen LogP contribution in [0.4, 0.5) is 0 Å². The maximum absolute atomic E-state index is 3.72. The molecule has 0 aromatic carbocycles. The molecule has 2 atom stereocenters. The molecule has 15 heavy (non-hydrogen) atoms. The van der Waals surface area contributed by atoms with Gasteiger partial charge < -0.3 is 5.32 Å². The molecule has 2 unspecified atom stereocenters. The minimum atomic E-state index is 0.813. The highest BCUT2D eigenvalue weighted by Gasteiger charge is 2.21. The Morgan fingerprint density at radius 3 is 2.73 bits per heavy atom. The fourth-order valence-electron chi connectivity index (χ4n) is 2.96. The summed E-state index contributed by atoms with van der Waals surface area (Å²) in [6.07, 6.45) is 10.3. The first-order chi connectivity index (χ1) is 7.34. The first-order valence-corrected chi connectivity index (χ1v) is 7.74. The maximum atomic E-state index is 3.72. The van der Waals surface area contributed by atoms with Gasteiger partial charge in [0.15, 0.2) is 0 Å². The van der Waals surface area contributed by atoms with E-state index in [1.54, 1.807) is 0 Å². The van der Waals surface area contributed by atoms with E-state index in [4.69, 9.17) is 0 Å². The molecule has 0 aromatic heterocycles. The van der Waals surface area contributed by atoms with Crippen molar-refractivity contribution in [2.45, 2.75) is 63.2 Å². The molecule has 0 spiro atoms. The molecule has 2 aliphatic rings. The van der Waals surface area contributed by atoms with Crippen LogP contribution in [0.25, 0.3) is 0 Å². The van der Waals surface area contributed by atoms with E-state index < -0.39 is 0 Å². The normalized spacial score (nSPS) is 32.6. The molecule has 1 nitrogen and oxygen atoms in total. The molecule has 0 amide bonds. The SMILES string of the molecule is CC1CC(NCCCC2CCCC2)CS1. The molecular formula is C13H25NS. The van der Waals surface area contributed by atoms with E-state index in [2.05, 4.69) is 24.0 Å². The van der Waals surface area contributed by atoms with E-state index in [-0.39, 0.29) is 0 Å². The lowest BCUT2D eigenvalue weighted by Crippen LogP contribution is -2.30. The maximum Gasteiger partial charge on any atom is 0.0168 e. The molecule has 1 aliphatic carbocycles. The minimum absolute atomic E-state index is 0.813. The van der Waals surface area contributed by atoms with E-state index in [0.717, 1.165) is 17.2 Å². The van der Waals surface area contributed by atoms with Crippen molar-refractivity contribution in [1.82, 2.24) is 5.32 Å². The van der Waals surface area contributed by atoms with E-state index >= 15 is 0 Å². The highest BCUT2D eigenvalue weighted by atomic mass is 32.2. The van der Waals surface area contributed by atoms with Crippen molar-refractivity contribution < 1.29 is 0 Å². The number of hydrogen-bond acceptors (Lipinski definition) is 2. The van der Waals surface area contributed by atoms with Crippen LogP contribution in [-0.2, 0) is 0 Å². The quantitative estimate of drug-likeness (QED) is 0.722. The summed E-state index contributed by atoms with van der Waals surface area (Å²) < 4.78 is 0. The van der Waals surface area contributed by atoms with Crippen LogP contribution in [0.1, 0.15) is 51.9 Å². The predicted octanol–water partition coefficient (Wildman–Crippen LogP) is 3.44. The lowest BCUT2D eigenvalue weighted by molar-refractivity contribution is 0.451. The van der Waals surface area contributed by atoms with E-state index in [1.807, 2.05) is 0 Å². The van der Waals surface area contributed by atoms with Gasteiger partial charge in [0, 0.05) is 17.0 Å². The highest BCUT2D eigenvalue weighted by molar-refractivity contribution is 8.00. The van der Waals surface area contributed by atoms with Crippen molar-refractivity contribution in [3.05, 3.63) is 0 Å². The van der Waals surface area contributed by atoms with Crippen molar-refractivity contribution in [2.75, 3.05) is 12.3 Å². The van der Waals surface area contributed by atoms with Crippen molar-refractivity contribution in [2.24, 2.45) is 5.92 Å². The molecule has 1 saturated carbocycles. The van der Waals surface area contributed by atoms with E-state index in [0.29, 0.717) is 0 Å². The fourth-order valence-corrected chi connectivity index (χ4v) is 4.14. The molecular weight excluding hydrogens is 202 g/mol. The Morgan fingerprint density at radius 2 is 2.07 bits per heavy atom. The van der Waals surface area contributed by atoms with Crippen molar-refractivity contribution in [3.63, 3.8) is 0 Å². The smallest absolute Gasteiger partial charge is 0.0168 e. The molecule has 2 heteroatoms. The second-order valence-electron chi connectivity index (χ2n) is 5.32. The molecule has 1 heterocycles. The number of nitrogens with one attached hydrogen (secondary N) is 1. The Hall–Kier alpha value is 0.310. The van der Waals surface area contributed by atoms with Crippen LogP contribution >= 0.6 is 11.8 Å². The largest absolute Gasteiger partial charge is 0.313 e. The summed E-state index contributed by atoms with van der Waals surface area (Å²) in [4.78, 5) is 0. The zero-order valence-electron chi connectivity index (χ0n) is 10.0. The topological polar surface area (TPSA) is 12.0 Å². The third-order valence-corrected chi connectivity index (χ3v) is 5.25. The van der Waals surface area contributed by atoms with Gasteiger partial charge in [-0.15, -0.1) is 0 Å². The Labute approximate surface area is 98.8 Å². The number of rotatable bonds is 5. The van der Waals surface area contributed by atoms with Gasteiger partial charge in [-0.2, -0.15) is 11.8 Å². The summed E-state index contributed by atoms with van der Waals surface area (Å²) in [6.45, 7) is 3.61. The Balaban J connectivity index is 1.48. The van der Waals surface area contributed by atoms with Gasteiger partial charge in [-0.25, -0.2) is 0 Å².